The van der Waals surface area contributed by atoms with E-state index in [1.807, 2.05) is 41.3 Å². The van der Waals surface area contributed by atoms with Crippen LogP contribution in [0.3, 0.4) is 0 Å². The van der Waals surface area contributed by atoms with Gasteiger partial charge in [-0.2, -0.15) is 0 Å². The van der Waals surface area contributed by atoms with Crippen LogP contribution in [-0.2, 0) is 17.8 Å². The lowest BCUT2D eigenvalue weighted by Gasteiger charge is -2.36. The predicted molar refractivity (Wildman–Crippen MR) is 128 cm³/mol. The first-order chi connectivity index (χ1) is 16.2. The first-order valence-corrected chi connectivity index (χ1v) is 11.8. The Morgan fingerprint density at radius 3 is 2.52 bits per heavy atom. The average Bonchev–Trinajstić information content (AvgIpc) is 3.22. The summed E-state index contributed by atoms with van der Waals surface area (Å²) in [6.07, 6.45) is 0.351. The van der Waals surface area contributed by atoms with Gasteiger partial charge in [0.2, 0.25) is 5.91 Å². The molecule has 1 atom stereocenters. The lowest BCUT2D eigenvalue weighted by Crippen LogP contribution is -2.52. The van der Waals surface area contributed by atoms with Gasteiger partial charge in [-0.1, -0.05) is 36.4 Å². The molecule has 0 radical (unpaired) electrons. The fourth-order valence-electron chi connectivity index (χ4n) is 4.86. The monoisotopic (exact) mass is 448 g/mol. The third-order valence-corrected chi connectivity index (χ3v) is 6.71. The molecule has 0 saturated carbocycles. The molecular formula is C26H32N4O3. The first kappa shape index (κ1) is 21.9. The molecule has 2 N–H and O–H groups in total. The molecule has 7 heteroatoms. The minimum atomic E-state index is -0.530. The van der Waals surface area contributed by atoms with E-state index in [1.165, 1.54) is 16.6 Å². The second-order valence-corrected chi connectivity index (χ2v) is 9.05. The Labute approximate surface area is 194 Å². The van der Waals surface area contributed by atoms with E-state index >= 15 is 0 Å². The molecule has 1 saturated heterocycles. The van der Waals surface area contributed by atoms with Gasteiger partial charge in [-0.25, -0.2) is 0 Å². The number of aromatic amines is 1. The number of carbonyl (C=O) groups is 1. The Balaban J connectivity index is 1.06. The van der Waals surface area contributed by atoms with Crippen LogP contribution in [0.5, 0.6) is 5.75 Å². The van der Waals surface area contributed by atoms with E-state index in [0.717, 1.165) is 50.4 Å². The Morgan fingerprint density at radius 2 is 1.70 bits per heavy atom. The number of amides is 1. The van der Waals surface area contributed by atoms with E-state index in [4.69, 9.17) is 4.74 Å². The molecule has 0 bridgehead atoms. The number of benzene rings is 2. The van der Waals surface area contributed by atoms with Crippen molar-refractivity contribution in [2.45, 2.75) is 19.1 Å². The maximum Gasteiger partial charge on any atom is 0.237 e. The van der Waals surface area contributed by atoms with Gasteiger partial charge < -0.3 is 19.7 Å². The van der Waals surface area contributed by atoms with Gasteiger partial charge in [-0.3, -0.25) is 14.6 Å². The highest BCUT2D eigenvalue weighted by atomic mass is 16.5. The number of hydrogen-bond donors (Lipinski definition) is 2. The van der Waals surface area contributed by atoms with Crippen molar-refractivity contribution < 1.29 is 14.6 Å². The molecule has 2 aliphatic heterocycles. The van der Waals surface area contributed by atoms with Crippen molar-refractivity contribution in [3.63, 3.8) is 0 Å². The normalized spacial score (nSPS) is 18.3. The van der Waals surface area contributed by atoms with Crippen molar-refractivity contribution in [1.82, 2.24) is 19.7 Å². The van der Waals surface area contributed by atoms with Gasteiger partial charge in [0.15, 0.2) is 0 Å². The lowest BCUT2D eigenvalue weighted by molar-refractivity contribution is -0.133. The maximum atomic E-state index is 13.0. The summed E-state index contributed by atoms with van der Waals surface area (Å²) in [7, 11) is 0. The van der Waals surface area contributed by atoms with Crippen LogP contribution < -0.4 is 4.74 Å². The number of H-pyrrole nitrogens is 1. The zero-order chi connectivity index (χ0) is 22.6. The third-order valence-electron chi connectivity index (χ3n) is 6.71. The number of rotatable bonds is 7. The topological polar surface area (TPSA) is 72.0 Å². The first-order valence-electron chi connectivity index (χ1n) is 11.8. The number of para-hydroxylation sites is 2. The van der Waals surface area contributed by atoms with Gasteiger partial charge in [-0.05, 0) is 18.2 Å². The molecule has 2 aromatic carbocycles. The van der Waals surface area contributed by atoms with E-state index < -0.39 is 6.10 Å². The average molecular weight is 449 g/mol. The molecule has 1 aromatic heterocycles. The van der Waals surface area contributed by atoms with Crippen molar-refractivity contribution in [2.24, 2.45) is 0 Å². The van der Waals surface area contributed by atoms with Crippen LogP contribution >= 0.6 is 0 Å². The summed E-state index contributed by atoms with van der Waals surface area (Å²) in [5, 5.41) is 11.6. The van der Waals surface area contributed by atoms with Crippen LogP contribution in [0.1, 0.15) is 11.3 Å². The Hall–Kier alpha value is -2.87. The van der Waals surface area contributed by atoms with Crippen molar-refractivity contribution in [3.05, 3.63) is 65.9 Å². The SMILES string of the molecule is O=C(CN1CCN(CC(O)COc2ccccc2)CC1)N1CCc2[nH]c3ccccc3c2C1. The summed E-state index contributed by atoms with van der Waals surface area (Å²) < 4.78 is 5.66. The standard InChI is InChI=1S/C26H32N4O3/c31-20(19-33-21-6-2-1-3-7-21)16-28-12-14-29(15-13-28)18-26(32)30-11-10-25-23(17-30)22-8-4-5-9-24(22)27-25/h1-9,20,27,31H,10-19H2. The summed E-state index contributed by atoms with van der Waals surface area (Å²) in [4.78, 5) is 23.0. The zero-order valence-corrected chi connectivity index (χ0v) is 18.9. The molecule has 5 rings (SSSR count). The number of β-amino-alcohol motifs (C(OH)–C–C–N with tert-alkyl or cyclic N) is 1. The quantitative estimate of drug-likeness (QED) is 0.579. The van der Waals surface area contributed by atoms with Crippen molar-refractivity contribution in [2.75, 3.05) is 52.4 Å². The van der Waals surface area contributed by atoms with E-state index in [9.17, 15) is 9.90 Å². The number of aromatic nitrogens is 1. The van der Waals surface area contributed by atoms with Crippen molar-refractivity contribution in [3.8, 4) is 5.75 Å². The number of nitrogens with one attached hydrogen (secondary N) is 1. The van der Waals surface area contributed by atoms with Crippen molar-refractivity contribution >= 4 is 16.8 Å². The summed E-state index contributed by atoms with van der Waals surface area (Å²) in [6, 6.07) is 17.9. The summed E-state index contributed by atoms with van der Waals surface area (Å²) in [5.74, 6) is 0.980. The number of fused-ring (bicyclic) bond motifs is 3. The number of hydrogen-bond acceptors (Lipinski definition) is 5. The van der Waals surface area contributed by atoms with Crippen LogP contribution in [-0.4, -0.2) is 89.2 Å². The molecule has 0 spiro atoms. The van der Waals surface area contributed by atoms with Crippen LogP contribution in [0.15, 0.2) is 54.6 Å². The van der Waals surface area contributed by atoms with E-state index in [1.54, 1.807) is 0 Å². The summed E-state index contributed by atoms with van der Waals surface area (Å²) in [5.41, 5.74) is 3.69. The van der Waals surface area contributed by atoms with Crippen LogP contribution in [0.4, 0.5) is 0 Å². The number of piperazine rings is 1. The molecule has 3 aromatic rings. The van der Waals surface area contributed by atoms with Crippen LogP contribution in [0, 0.1) is 0 Å². The van der Waals surface area contributed by atoms with Crippen LogP contribution in [0.2, 0.25) is 0 Å². The van der Waals surface area contributed by atoms with Gasteiger partial charge in [-0.15, -0.1) is 0 Å². The third kappa shape index (κ3) is 5.21. The Kier molecular flexibility index (Phi) is 6.62. The molecular weight excluding hydrogens is 416 g/mol. The van der Waals surface area contributed by atoms with Crippen LogP contribution in [0.25, 0.3) is 10.9 Å². The fraction of sp³-hybridized carbons (Fsp3) is 0.423. The lowest BCUT2D eigenvalue weighted by atomic mass is 10.0. The molecule has 1 fully saturated rings. The molecule has 1 unspecified atom stereocenters. The van der Waals surface area contributed by atoms with Gasteiger partial charge in [0.05, 0.1) is 6.54 Å². The molecule has 1 amide bonds. The molecule has 0 aliphatic carbocycles. The number of nitrogens with zero attached hydrogens (tertiary/aromatic N) is 3. The molecule has 7 nitrogen and oxygen atoms in total. The molecule has 2 aliphatic rings. The Morgan fingerprint density at radius 1 is 0.970 bits per heavy atom. The summed E-state index contributed by atoms with van der Waals surface area (Å²) in [6.45, 7) is 6.17. The highest BCUT2D eigenvalue weighted by Crippen LogP contribution is 2.27. The number of aliphatic hydroxyl groups excluding tert-OH is 1. The zero-order valence-electron chi connectivity index (χ0n) is 18.9. The van der Waals surface area contributed by atoms with Gasteiger partial charge in [0, 0.05) is 74.4 Å². The van der Waals surface area contributed by atoms with Gasteiger partial charge in [0.25, 0.3) is 0 Å². The smallest absolute Gasteiger partial charge is 0.237 e. The maximum absolute atomic E-state index is 13.0. The minimum Gasteiger partial charge on any atom is -0.491 e. The van der Waals surface area contributed by atoms with Gasteiger partial charge in [0.1, 0.15) is 18.5 Å². The molecule has 3 heterocycles. The second-order valence-electron chi connectivity index (χ2n) is 9.05. The highest BCUT2D eigenvalue weighted by molar-refractivity contribution is 5.86. The van der Waals surface area contributed by atoms with Gasteiger partial charge >= 0.3 is 0 Å². The highest BCUT2D eigenvalue weighted by Gasteiger charge is 2.27. The van der Waals surface area contributed by atoms with Crippen molar-refractivity contribution in [1.29, 1.82) is 0 Å². The minimum absolute atomic E-state index is 0.204. The number of ether oxygens (including phenoxy) is 1. The predicted octanol–water partition coefficient (Wildman–Crippen LogP) is 2.11. The molecule has 174 valence electrons. The van der Waals surface area contributed by atoms with E-state index in [-0.39, 0.29) is 12.5 Å². The van der Waals surface area contributed by atoms with E-state index in [2.05, 4.69) is 33.0 Å². The number of carbonyl (C=O) groups excluding carboxylic acids is 1. The fourth-order valence-corrected chi connectivity index (χ4v) is 4.86. The largest absolute Gasteiger partial charge is 0.491 e. The summed E-state index contributed by atoms with van der Waals surface area (Å²) >= 11 is 0. The second kappa shape index (κ2) is 9.95. The Bertz CT molecular complexity index is 1080. The number of aliphatic hydroxyl groups is 1. The van der Waals surface area contributed by atoms with E-state index in [0.29, 0.717) is 19.6 Å². The molecule has 33 heavy (non-hydrogen) atoms.